The molecule has 2 aromatic heterocycles. The summed E-state index contributed by atoms with van der Waals surface area (Å²) < 4.78 is 1.78. The van der Waals surface area contributed by atoms with Gasteiger partial charge in [-0.25, -0.2) is 9.50 Å². The summed E-state index contributed by atoms with van der Waals surface area (Å²) in [7, 11) is 0. The maximum absolute atomic E-state index is 11.0. The second kappa shape index (κ2) is 3.97. The van der Waals surface area contributed by atoms with Gasteiger partial charge in [-0.2, -0.15) is 5.10 Å². The Morgan fingerprint density at radius 1 is 1.56 bits per heavy atom. The van der Waals surface area contributed by atoms with Crippen molar-refractivity contribution >= 4 is 17.3 Å². The van der Waals surface area contributed by atoms with Crippen LogP contribution in [-0.2, 0) is 4.79 Å². The summed E-state index contributed by atoms with van der Waals surface area (Å²) in [5.74, 6) is -0.202. The lowest BCUT2D eigenvalue weighted by Crippen LogP contribution is -2.24. The Bertz CT molecular complexity index is 607. The van der Waals surface area contributed by atoms with Gasteiger partial charge in [0.2, 0.25) is 0 Å². The Morgan fingerprint density at radius 2 is 2.39 bits per heavy atom. The Balaban J connectivity index is 1.98. The fourth-order valence-corrected chi connectivity index (χ4v) is 2.43. The van der Waals surface area contributed by atoms with Crippen molar-refractivity contribution in [3.63, 3.8) is 0 Å². The normalized spacial score (nSPS) is 19.6. The highest BCUT2D eigenvalue weighted by atomic mass is 16.4. The number of hydrogen-bond donors (Lipinski definition) is 1. The summed E-state index contributed by atoms with van der Waals surface area (Å²) in [6, 6.07) is 1.97. The summed E-state index contributed by atoms with van der Waals surface area (Å²) >= 11 is 0. The molecule has 94 valence electrons. The summed E-state index contributed by atoms with van der Waals surface area (Å²) in [5.41, 5.74) is 1.86. The van der Waals surface area contributed by atoms with Crippen LogP contribution in [0.4, 0.5) is 5.82 Å². The highest BCUT2D eigenvalue weighted by molar-refractivity contribution is 5.74. The van der Waals surface area contributed by atoms with Crippen LogP contribution >= 0.6 is 0 Å². The average Bonchev–Trinajstić information content (AvgIpc) is 2.92. The van der Waals surface area contributed by atoms with Crippen LogP contribution in [-0.4, -0.2) is 38.8 Å². The lowest BCUT2D eigenvalue weighted by Gasteiger charge is -2.17. The van der Waals surface area contributed by atoms with E-state index in [1.54, 1.807) is 16.9 Å². The predicted octanol–water partition coefficient (Wildman–Crippen LogP) is 0.949. The van der Waals surface area contributed by atoms with E-state index < -0.39 is 5.97 Å². The van der Waals surface area contributed by atoms with Gasteiger partial charge in [0.15, 0.2) is 5.82 Å². The highest BCUT2D eigenvalue weighted by Gasteiger charge is 2.29. The standard InChI is InChI=1S/C12H14N4O2/c1-8-6-10-11(13-3-5-16(10)14-8)15-4-2-9(7-15)12(17)18/h3,5-6,9H,2,4,7H2,1H3,(H,17,18)/t9-/m1/s1. The van der Waals surface area contributed by atoms with Crippen LogP contribution in [0.15, 0.2) is 18.5 Å². The van der Waals surface area contributed by atoms with Gasteiger partial charge in [-0.3, -0.25) is 4.79 Å². The molecule has 1 N–H and O–H groups in total. The van der Waals surface area contributed by atoms with E-state index >= 15 is 0 Å². The van der Waals surface area contributed by atoms with Gasteiger partial charge in [0.1, 0.15) is 5.52 Å². The van der Waals surface area contributed by atoms with Crippen molar-refractivity contribution in [2.75, 3.05) is 18.0 Å². The van der Waals surface area contributed by atoms with E-state index in [2.05, 4.69) is 10.1 Å². The molecule has 1 atom stereocenters. The summed E-state index contributed by atoms with van der Waals surface area (Å²) in [5, 5.41) is 13.4. The largest absolute Gasteiger partial charge is 0.481 e. The molecule has 0 spiro atoms. The molecule has 1 aliphatic heterocycles. The molecule has 0 bridgehead atoms. The second-order valence-electron chi connectivity index (χ2n) is 4.64. The van der Waals surface area contributed by atoms with Crippen molar-refractivity contribution in [1.82, 2.24) is 14.6 Å². The fourth-order valence-electron chi connectivity index (χ4n) is 2.43. The third kappa shape index (κ3) is 1.70. The van der Waals surface area contributed by atoms with Gasteiger partial charge in [0.05, 0.1) is 11.6 Å². The van der Waals surface area contributed by atoms with Gasteiger partial charge in [0.25, 0.3) is 0 Å². The summed E-state index contributed by atoms with van der Waals surface area (Å²) in [6.07, 6.45) is 4.17. The molecule has 0 aromatic carbocycles. The average molecular weight is 246 g/mol. The Hall–Kier alpha value is -2.11. The molecule has 2 aromatic rings. The number of nitrogens with zero attached hydrogens (tertiary/aromatic N) is 4. The van der Waals surface area contributed by atoms with Gasteiger partial charge in [-0.05, 0) is 19.4 Å². The molecule has 3 heterocycles. The van der Waals surface area contributed by atoms with Gasteiger partial charge < -0.3 is 10.0 Å². The molecule has 0 aliphatic carbocycles. The van der Waals surface area contributed by atoms with Crippen LogP contribution in [0.2, 0.25) is 0 Å². The Kier molecular flexibility index (Phi) is 2.43. The first-order chi connectivity index (χ1) is 8.65. The topological polar surface area (TPSA) is 70.7 Å². The molecule has 0 saturated carbocycles. The lowest BCUT2D eigenvalue weighted by atomic mass is 10.1. The molecule has 1 aliphatic rings. The molecule has 0 unspecified atom stereocenters. The number of aryl methyl sites for hydroxylation is 1. The van der Waals surface area contributed by atoms with Crippen LogP contribution in [0.25, 0.3) is 5.52 Å². The quantitative estimate of drug-likeness (QED) is 0.854. The number of carboxylic acid groups (broad SMARTS) is 1. The number of hydrogen-bond acceptors (Lipinski definition) is 4. The van der Waals surface area contributed by atoms with Gasteiger partial charge in [0, 0.05) is 25.5 Å². The van der Waals surface area contributed by atoms with Crippen LogP contribution in [0.1, 0.15) is 12.1 Å². The van der Waals surface area contributed by atoms with Crippen LogP contribution < -0.4 is 4.90 Å². The number of fused-ring (bicyclic) bond motifs is 1. The molecule has 6 nitrogen and oxygen atoms in total. The van der Waals surface area contributed by atoms with E-state index in [0.29, 0.717) is 13.0 Å². The van der Waals surface area contributed by atoms with E-state index in [0.717, 1.165) is 23.6 Å². The zero-order valence-electron chi connectivity index (χ0n) is 10.1. The van der Waals surface area contributed by atoms with E-state index in [9.17, 15) is 4.79 Å². The zero-order valence-corrected chi connectivity index (χ0v) is 10.1. The van der Waals surface area contributed by atoms with E-state index in [4.69, 9.17) is 5.11 Å². The monoisotopic (exact) mass is 246 g/mol. The minimum absolute atomic E-state index is 0.295. The predicted molar refractivity (Wildman–Crippen MR) is 65.7 cm³/mol. The molecular formula is C12H14N4O2. The summed E-state index contributed by atoms with van der Waals surface area (Å²) in [6.45, 7) is 3.18. The molecule has 3 rings (SSSR count). The number of carbonyl (C=O) groups is 1. The van der Waals surface area contributed by atoms with E-state index in [-0.39, 0.29) is 5.92 Å². The molecule has 0 amide bonds. The highest BCUT2D eigenvalue weighted by Crippen LogP contribution is 2.26. The minimum Gasteiger partial charge on any atom is -0.481 e. The zero-order chi connectivity index (χ0) is 12.7. The first kappa shape index (κ1) is 11.0. The maximum atomic E-state index is 11.0. The molecule has 1 fully saturated rings. The fraction of sp³-hybridized carbons (Fsp3) is 0.417. The van der Waals surface area contributed by atoms with Crippen LogP contribution in [0.3, 0.4) is 0 Å². The Labute approximate surface area is 104 Å². The smallest absolute Gasteiger partial charge is 0.308 e. The van der Waals surface area contributed by atoms with Crippen molar-refractivity contribution in [3.8, 4) is 0 Å². The van der Waals surface area contributed by atoms with Crippen LogP contribution in [0, 0.1) is 12.8 Å². The molecular weight excluding hydrogens is 232 g/mol. The van der Waals surface area contributed by atoms with Crippen molar-refractivity contribution in [3.05, 3.63) is 24.2 Å². The van der Waals surface area contributed by atoms with Crippen molar-refractivity contribution in [2.45, 2.75) is 13.3 Å². The van der Waals surface area contributed by atoms with Gasteiger partial charge >= 0.3 is 5.97 Å². The van der Waals surface area contributed by atoms with Crippen molar-refractivity contribution in [1.29, 1.82) is 0 Å². The van der Waals surface area contributed by atoms with Crippen molar-refractivity contribution in [2.24, 2.45) is 5.92 Å². The number of aromatic nitrogens is 3. The van der Waals surface area contributed by atoms with E-state index in [1.807, 2.05) is 17.9 Å². The summed E-state index contributed by atoms with van der Waals surface area (Å²) in [4.78, 5) is 17.4. The lowest BCUT2D eigenvalue weighted by molar-refractivity contribution is -0.140. The van der Waals surface area contributed by atoms with Crippen molar-refractivity contribution < 1.29 is 9.90 Å². The minimum atomic E-state index is -0.728. The van der Waals surface area contributed by atoms with Crippen LogP contribution in [0.5, 0.6) is 0 Å². The molecule has 18 heavy (non-hydrogen) atoms. The molecule has 1 saturated heterocycles. The number of anilines is 1. The molecule has 0 radical (unpaired) electrons. The van der Waals surface area contributed by atoms with E-state index in [1.165, 1.54) is 0 Å². The van der Waals surface area contributed by atoms with Gasteiger partial charge in [-0.15, -0.1) is 0 Å². The Morgan fingerprint density at radius 3 is 3.11 bits per heavy atom. The SMILES string of the molecule is Cc1cc2c(N3CC[C@@H](C(=O)O)C3)nccn2n1. The number of aliphatic carboxylic acids is 1. The first-order valence-electron chi connectivity index (χ1n) is 5.94. The third-order valence-corrected chi connectivity index (χ3v) is 3.33. The second-order valence-corrected chi connectivity index (χ2v) is 4.64. The first-order valence-corrected chi connectivity index (χ1v) is 5.94. The number of carboxylic acids is 1. The maximum Gasteiger partial charge on any atom is 0.308 e. The molecule has 6 heteroatoms. The number of rotatable bonds is 2. The third-order valence-electron chi connectivity index (χ3n) is 3.33. The van der Waals surface area contributed by atoms with Gasteiger partial charge in [-0.1, -0.05) is 0 Å².